The van der Waals surface area contributed by atoms with Crippen molar-refractivity contribution >= 4 is 35.0 Å². The summed E-state index contributed by atoms with van der Waals surface area (Å²) in [5.41, 5.74) is 1.35. The van der Waals surface area contributed by atoms with Crippen molar-refractivity contribution in [3.05, 3.63) is 57.6 Å². The molecule has 6 nitrogen and oxygen atoms in total. The molecule has 0 spiro atoms. The Hall–Kier alpha value is -2.44. The molecule has 2 aromatic rings. The van der Waals surface area contributed by atoms with Gasteiger partial charge in [-0.15, -0.1) is 0 Å². The molecular formula is C22H22Cl2N2O4. The van der Waals surface area contributed by atoms with Crippen molar-refractivity contribution in [3.8, 4) is 11.5 Å². The van der Waals surface area contributed by atoms with E-state index in [0.29, 0.717) is 60.0 Å². The number of amides is 2. The lowest BCUT2D eigenvalue weighted by Crippen LogP contribution is -2.45. The van der Waals surface area contributed by atoms with Crippen molar-refractivity contribution in [2.75, 3.05) is 26.3 Å². The summed E-state index contributed by atoms with van der Waals surface area (Å²) in [4.78, 5) is 27.3. The first-order valence-corrected chi connectivity index (χ1v) is 10.7. The summed E-state index contributed by atoms with van der Waals surface area (Å²) in [6, 6.07) is 10.5. The Bertz CT molecular complexity index is 966. The highest BCUT2D eigenvalue weighted by atomic mass is 35.5. The van der Waals surface area contributed by atoms with E-state index in [9.17, 15) is 9.59 Å². The van der Waals surface area contributed by atoms with Crippen LogP contribution in [0.5, 0.6) is 11.5 Å². The maximum atomic E-state index is 12.8. The maximum Gasteiger partial charge on any atom is 0.253 e. The molecule has 0 bridgehead atoms. The van der Waals surface area contributed by atoms with E-state index in [4.69, 9.17) is 32.7 Å². The molecule has 2 aromatic carbocycles. The molecule has 1 N–H and O–H groups in total. The van der Waals surface area contributed by atoms with E-state index >= 15 is 0 Å². The molecule has 0 saturated carbocycles. The molecule has 0 aromatic heterocycles. The van der Waals surface area contributed by atoms with Gasteiger partial charge in [0.1, 0.15) is 13.2 Å². The van der Waals surface area contributed by atoms with Gasteiger partial charge in [0.05, 0.1) is 16.0 Å². The lowest BCUT2D eigenvalue weighted by molar-refractivity contribution is -0.126. The molecule has 1 atom stereocenters. The molecule has 158 valence electrons. The third kappa shape index (κ3) is 4.50. The predicted octanol–water partition coefficient (Wildman–Crippen LogP) is 3.93. The molecule has 2 aliphatic heterocycles. The van der Waals surface area contributed by atoms with Crippen LogP contribution in [0.3, 0.4) is 0 Å². The second-order valence-corrected chi connectivity index (χ2v) is 8.19. The first-order valence-electron chi connectivity index (χ1n) is 9.92. The highest BCUT2D eigenvalue weighted by molar-refractivity contribution is 6.42. The number of hydrogen-bond donors (Lipinski definition) is 1. The van der Waals surface area contributed by atoms with E-state index in [0.717, 1.165) is 18.4 Å². The van der Waals surface area contributed by atoms with Gasteiger partial charge in [0.2, 0.25) is 5.91 Å². The SMILES string of the molecule is O=C(NCc1cccc2c1OCCO2)C1CCCN(C(=O)c2ccc(Cl)c(Cl)c2)C1. The molecule has 0 radical (unpaired) electrons. The molecule has 2 heterocycles. The minimum absolute atomic E-state index is 0.0732. The quantitative estimate of drug-likeness (QED) is 0.768. The lowest BCUT2D eigenvalue weighted by atomic mass is 9.96. The number of nitrogens with one attached hydrogen (secondary N) is 1. The minimum atomic E-state index is -0.262. The Morgan fingerprint density at radius 2 is 1.93 bits per heavy atom. The van der Waals surface area contributed by atoms with Gasteiger partial charge in [-0.2, -0.15) is 0 Å². The second-order valence-electron chi connectivity index (χ2n) is 7.38. The largest absolute Gasteiger partial charge is 0.486 e. The molecule has 1 unspecified atom stereocenters. The van der Waals surface area contributed by atoms with Crippen molar-refractivity contribution in [2.45, 2.75) is 19.4 Å². The topological polar surface area (TPSA) is 67.9 Å². The van der Waals surface area contributed by atoms with E-state index in [2.05, 4.69) is 5.32 Å². The van der Waals surface area contributed by atoms with Gasteiger partial charge < -0.3 is 19.7 Å². The highest BCUT2D eigenvalue weighted by Gasteiger charge is 2.29. The van der Waals surface area contributed by atoms with Crippen molar-refractivity contribution in [1.29, 1.82) is 0 Å². The maximum absolute atomic E-state index is 12.8. The standard InChI is InChI=1S/C22H22Cl2N2O4/c23-17-7-6-14(11-18(17)24)22(28)26-8-2-4-16(13-26)21(27)25-12-15-3-1-5-19-20(15)30-10-9-29-19/h1,3,5-7,11,16H,2,4,8-10,12-13H2,(H,25,27). The van der Waals surface area contributed by atoms with Crippen LogP contribution in [-0.2, 0) is 11.3 Å². The monoisotopic (exact) mass is 448 g/mol. The van der Waals surface area contributed by atoms with Crippen molar-refractivity contribution in [3.63, 3.8) is 0 Å². The number of piperidine rings is 1. The molecule has 2 amide bonds. The predicted molar refractivity (Wildman–Crippen MR) is 114 cm³/mol. The Kier molecular flexibility index (Phi) is 6.35. The van der Waals surface area contributed by atoms with Gasteiger partial charge in [-0.1, -0.05) is 35.3 Å². The van der Waals surface area contributed by atoms with Crippen LogP contribution >= 0.6 is 23.2 Å². The third-order valence-corrected chi connectivity index (χ3v) is 6.09. The number of nitrogens with zero attached hydrogens (tertiary/aromatic N) is 1. The molecule has 8 heteroatoms. The van der Waals surface area contributed by atoms with Gasteiger partial charge in [0.25, 0.3) is 5.91 Å². The van der Waals surface area contributed by atoms with Crippen molar-refractivity contribution in [2.24, 2.45) is 5.92 Å². The Morgan fingerprint density at radius 1 is 1.10 bits per heavy atom. The first kappa shape index (κ1) is 20.8. The Labute approximate surface area is 185 Å². The summed E-state index contributed by atoms with van der Waals surface area (Å²) in [6.07, 6.45) is 1.51. The van der Waals surface area contributed by atoms with Gasteiger partial charge in [-0.05, 0) is 37.1 Å². The number of halogens is 2. The van der Waals surface area contributed by atoms with E-state index in [1.165, 1.54) is 0 Å². The fourth-order valence-electron chi connectivity index (χ4n) is 3.79. The number of carbonyl (C=O) groups is 2. The number of ether oxygens (including phenoxy) is 2. The van der Waals surface area contributed by atoms with E-state index in [1.807, 2.05) is 18.2 Å². The van der Waals surface area contributed by atoms with Gasteiger partial charge in [0.15, 0.2) is 11.5 Å². The minimum Gasteiger partial charge on any atom is -0.486 e. The van der Waals surface area contributed by atoms with Crippen LogP contribution in [0.2, 0.25) is 10.0 Å². The normalized spacial score (nSPS) is 18.1. The summed E-state index contributed by atoms with van der Waals surface area (Å²) in [5.74, 6) is 0.903. The second kappa shape index (κ2) is 9.14. The van der Waals surface area contributed by atoms with Crippen LogP contribution < -0.4 is 14.8 Å². The number of fused-ring (bicyclic) bond motifs is 1. The fraction of sp³-hybridized carbons (Fsp3) is 0.364. The van der Waals surface area contributed by atoms with Gasteiger partial charge in [-0.3, -0.25) is 9.59 Å². The molecular weight excluding hydrogens is 427 g/mol. The number of rotatable bonds is 4. The number of likely N-dealkylation sites (tertiary alicyclic amines) is 1. The zero-order valence-corrected chi connectivity index (χ0v) is 17.8. The van der Waals surface area contributed by atoms with Crippen LogP contribution in [0.1, 0.15) is 28.8 Å². The fourth-order valence-corrected chi connectivity index (χ4v) is 4.09. The van der Waals surface area contributed by atoms with E-state index in [-0.39, 0.29) is 17.7 Å². The summed E-state index contributed by atoms with van der Waals surface area (Å²) in [6.45, 7) is 2.35. The summed E-state index contributed by atoms with van der Waals surface area (Å²) >= 11 is 12.0. The summed E-state index contributed by atoms with van der Waals surface area (Å²) in [7, 11) is 0. The molecule has 1 fully saturated rings. The zero-order valence-electron chi connectivity index (χ0n) is 16.3. The molecule has 2 aliphatic rings. The van der Waals surface area contributed by atoms with Crippen LogP contribution in [0.25, 0.3) is 0 Å². The zero-order chi connectivity index (χ0) is 21.1. The smallest absolute Gasteiger partial charge is 0.253 e. The molecule has 0 aliphatic carbocycles. The number of benzene rings is 2. The average Bonchev–Trinajstić information content (AvgIpc) is 2.79. The van der Waals surface area contributed by atoms with Crippen molar-refractivity contribution < 1.29 is 19.1 Å². The van der Waals surface area contributed by atoms with Crippen LogP contribution in [0.15, 0.2) is 36.4 Å². The highest BCUT2D eigenvalue weighted by Crippen LogP contribution is 2.33. The molecule has 30 heavy (non-hydrogen) atoms. The van der Waals surface area contributed by atoms with Crippen LogP contribution in [0, 0.1) is 5.92 Å². The summed E-state index contributed by atoms with van der Waals surface area (Å²) in [5, 5.41) is 3.73. The average molecular weight is 449 g/mol. The first-order chi connectivity index (χ1) is 14.5. The van der Waals surface area contributed by atoms with Crippen LogP contribution in [-0.4, -0.2) is 43.0 Å². The van der Waals surface area contributed by atoms with Gasteiger partial charge >= 0.3 is 0 Å². The van der Waals surface area contributed by atoms with Crippen molar-refractivity contribution in [1.82, 2.24) is 10.2 Å². The van der Waals surface area contributed by atoms with Gasteiger partial charge in [-0.25, -0.2) is 0 Å². The van der Waals surface area contributed by atoms with Crippen LogP contribution in [0.4, 0.5) is 0 Å². The molecule has 1 saturated heterocycles. The van der Waals surface area contributed by atoms with E-state index < -0.39 is 0 Å². The third-order valence-electron chi connectivity index (χ3n) is 5.35. The lowest BCUT2D eigenvalue weighted by Gasteiger charge is -2.32. The Morgan fingerprint density at radius 3 is 2.77 bits per heavy atom. The summed E-state index contributed by atoms with van der Waals surface area (Å²) < 4.78 is 11.3. The van der Waals surface area contributed by atoms with Gasteiger partial charge in [0, 0.05) is 30.8 Å². The molecule has 4 rings (SSSR count). The van der Waals surface area contributed by atoms with E-state index in [1.54, 1.807) is 23.1 Å². The number of para-hydroxylation sites is 1. The number of carbonyl (C=O) groups excluding carboxylic acids is 2. The number of hydrogen-bond acceptors (Lipinski definition) is 4. The Balaban J connectivity index is 1.38.